The molecule has 4 aliphatic carbocycles. The summed E-state index contributed by atoms with van der Waals surface area (Å²) in [7, 11) is 0. The van der Waals surface area contributed by atoms with Gasteiger partial charge in [0, 0.05) is 0 Å². The highest BCUT2D eigenvalue weighted by Gasteiger charge is 2.70. The molecule has 3 aliphatic heterocycles. The lowest BCUT2D eigenvalue weighted by molar-refractivity contribution is -0.315. The molecule has 0 aromatic rings. The number of fused-ring (bicyclic) bond motifs is 5. The van der Waals surface area contributed by atoms with Gasteiger partial charge in [-0.25, -0.2) is 0 Å². The number of carbonyl (C=O) groups is 1. The molecule has 0 bridgehead atoms. The number of rotatable bonds is 6. The lowest BCUT2D eigenvalue weighted by Crippen LogP contribution is -2.60. The molecule has 10 nitrogen and oxygen atoms in total. The smallest absolute Gasteiger partial charge is 0.312 e. The topological polar surface area (TPSA) is 158 Å². The van der Waals surface area contributed by atoms with Crippen LogP contribution in [0.2, 0.25) is 0 Å². The summed E-state index contributed by atoms with van der Waals surface area (Å²) in [5, 5.41) is 52.1. The van der Waals surface area contributed by atoms with Crippen molar-refractivity contribution in [1.29, 1.82) is 0 Å². The summed E-state index contributed by atoms with van der Waals surface area (Å²) in [5.74, 6) is 0.679. The molecule has 0 amide bonds. The van der Waals surface area contributed by atoms with Crippen LogP contribution in [0, 0.1) is 46.3 Å². The van der Waals surface area contributed by atoms with E-state index >= 15 is 0 Å². The van der Waals surface area contributed by atoms with Crippen LogP contribution in [-0.4, -0.2) is 98.8 Å². The summed E-state index contributed by atoms with van der Waals surface area (Å²) in [4.78, 5) is 13.5. The van der Waals surface area contributed by atoms with Gasteiger partial charge < -0.3 is 44.5 Å². The molecule has 5 N–H and O–H groups in total. The summed E-state index contributed by atoms with van der Waals surface area (Å²) >= 11 is 0. The molecule has 7 rings (SSSR count). The van der Waals surface area contributed by atoms with Crippen LogP contribution in [0.5, 0.6) is 0 Å². The zero-order chi connectivity index (χ0) is 32.2. The van der Waals surface area contributed by atoms with Crippen molar-refractivity contribution in [2.45, 2.75) is 147 Å². The van der Waals surface area contributed by atoms with Gasteiger partial charge >= 0.3 is 5.97 Å². The van der Waals surface area contributed by atoms with E-state index in [1.165, 1.54) is 0 Å². The molecule has 17 atom stereocenters. The molecule has 17 unspecified atom stereocenters. The molecule has 7 aliphatic rings. The second-order valence-corrected chi connectivity index (χ2v) is 16.3. The van der Waals surface area contributed by atoms with Crippen LogP contribution in [0.15, 0.2) is 11.6 Å². The average Bonchev–Trinajstić information content (AvgIpc) is 3.44. The SMILES string of the molecule is CC(C)C1(C2OC(=O)C(C3CCC4C5=CCC6CC(OC7OC(CO)C(O)C(O)C7O)CCC6(C)C5CCC43C)C2O)OC1C. The Bertz CT molecular complexity index is 1190. The van der Waals surface area contributed by atoms with Crippen LogP contribution in [0.3, 0.4) is 0 Å². The van der Waals surface area contributed by atoms with Crippen LogP contribution in [-0.2, 0) is 23.7 Å². The zero-order valence-electron chi connectivity index (χ0n) is 27.4. The van der Waals surface area contributed by atoms with Gasteiger partial charge in [-0.3, -0.25) is 4.79 Å². The van der Waals surface area contributed by atoms with Crippen LogP contribution in [0.1, 0.15) is 86.0 Å². The minimum atomic E-state index is -1.44. The second kappa shape index (κ2) is 11.2. The number of hydrogen-bond donors (Lipinski definition) is 5. The third kappa shape index (κ3) is 4.67. The lowest BCUT2D eigenvalue weighted by atomic mass is 9.47. The van der Waals surface area contributed by atoms with Crippen molar-refractivity contribution in [3.05, 3.63) is 11.6 Å². The third-order valence-corrected chi connectivity index (χ3v) is 14.2. The third-order valence-electron chi connectivity index (χ3n) is 14.2. The number of aliphatic hydroxyl groups excluding tert-OH is 5. The van der Waals surface area contributed by atoms with Crippen LogP contribution < -0.4 is 0 Å². The van der Waals surface area contributed by atoms with Gasteiger partial charge in [-0.05, 0) is 98.7 Å². The van der Waals surface area contributed by atoms with Gasteiger partial charge in [0.25, 0.3) is 0 Å². The number of carbonyl (C=O) groups excluding carboxylic acids is 1. The van der Waals surface area contributed by atoms with Crippen molar-refractivity contribution < 1.29 is 49.3 Å². The Morgan fingerprint density at radius 3 is 2.31 bits per heavy atom. The number of allylic oxidation sites excluding steroid dienone is 2. The maximum atomic E-state index is 13.5. The Balaban J connectivity index is 1.05. The molecular formula is C35H54O10. The highest BCUT2D eigenvalue weighted by Crippen LogP contribution is 2.68. The van der Waals surface area contributed by atoms with E-state index in [9.17, 15) is 30.3 Å². The maximum Gasteiger partial charge on any atom is 0.312 e. The van der Waals surface area contributed by atoms with Crippen LogP contribution >= 0.6 is 0 Å². The number of hydrogen-bond acceptors (Lipinski definition) is 10. The van der Waals surface area contributed by atoms with Crippen molar-refractivity contribution in [2.24, 2.45) is 46.3 Å². The van der Waals surface area contributed by atoms with Crippen LogP contribution in [0.25, 0.3) is 0 Å². The number of epoxide rings is 1. The predicted octanol–water partition coefficient (Wildman–Crippen LogP) is 2.47. The second-order valence-electron chi connectivity index (χ2n) is 16.3. The molecule has 0 aromatic carbocycles. The molecule has 0 spiro atoms. The molecule has 3 saturated carbocycles. The molecule has 0 aromatic heterocycles. The van der Waals surface area contributed by atoms with Crippen molar-refractivity contribution in [3.8, 4) is 0 Å². The van der Waals surface area contributed by atoms with Crippen molar-refractivity contribution in [2.75, 3.05) is 6.61 Å². The van der Waals surface area contributed by atoms with E-state index in [1.54, 1.807) is 5.57 Å². The Labute approximate surface area is 266 Å². The van der Waals surface area contributed by atoms with Gasteiger partial charge in [0.15, 0.2) is 12.4 Å². The molecule has 3 heterocycles. The van der Waals surface area contributed by atoms with Crippen LogP contribution in [0.4, 0.5) is 0 Å². The summed E-state index contributed by atoms with van der Waals surface area (Å²) in [6.07, 6.45) is 2.04. The predicted molar refractivity (Wildman–Crippen MR) is 161 cm³/mol. The fourth-order valence-corrected chi connectivity index (χ4v) is 11.5. The number of cyclic esters (lactones) is 1. The Morgan fingerprint density at radius 1 is 0.956 bits per heavy atom. The van der Waals surface area contributed by atoms with E-state index in [4.69, 9.17) is 18.9 Å². The molecule has 6 fully saturated rings. The molecular weight excluding hydrogens is 580 g/mol. The summed E-state index contributed by atoms with van der Waals surface area (Å²) < 4.78 is 23.8. The van der Waals surface area contributed by atoms with E-state index < -0.39 is 61.0 Å². The first-order valence-electron chi connectivity index (χ1n) is 17.5. The standard InChI is InChI=1S/C35H54O10/c1-16(2)35(17(3)45-35)30-27(38)25(31(41)44-30)23-9-8-21-20-7-6-18-14-19(10-12-33(18,4)22(20)11-13-34(21,23)5)42-32-29(40)28(39)26(37)24(15-36)43-32/h7,16-19,21-30,32,36-40H,6,8-15H2,1-5H3. The maximum absolute atomic E-state index is 13.5. The first-order valence-corrected chi connectivity index (χ1v) is 17.5. The number of ether oxygens (including phenoxy) is 4. The van der Waals surface area contributed by atoms with Gasteiger partial charge in [-0.1, -0.05) is 39.3 Å². The van der Waals surface area contributed by atoms with E-state index in [-0.39, 0.29) is 40.8 Å². The minimum absolute atomic E-state index is 0.0372. The zero-order valence-corrected chi connectivity index (χ0v) is 27.4. The monoisotopic (exact) mass is 634 g/mol. The van der Waals surface area contributed by atoms with E-state index in [1.807, 2.05) is 6.92 Å². The van der Waals surface area contributed by atoms with Gasteiger partial charge in [0.2, 0.25) is 0 Å². The normalized spacial score (nSPS) is 55.9. The summed E-state index contributed by atoms with van der Waals surface area (Å²) in [6.45, 7) is 10.5. The molecule has 0 radical (unpaired) electrons. The Hall–Kier alpha value is -1.11. The number of aliphatic hydroxyl groups is 5. The fourth-order valence-electron chi connectivity index (χ4n) is 11.5. The van der Waals surface area contributed by atoms with Crippen molar-refractivity contribution in [3.63, 3.8) is 0 Å². The first kappa shape index (κ1) is 32.4. The van der Waals surface area contributed by atoms with Gasteiger partial charge in [0.1, 0.15) is 36.1 Å². The first-order chi connectivity index (χ1) is 21.3. The average molecular weight is 635 g/mol. The fraction of sp³-hybridized carbons (Fsp3) is 0.914. The molecule has 10 heteroatoms. The van der Waals surface area contributed by atoms with Gasteiger partial charge in [-0.2, -0.15) is 0 Å². The molecule has 3 saturated heterocycles. The number of esters is 1. The summed E-state index contributed by atoms with van der Waals surface area (Å²) in [6, 6.07) is 0. The van der Waals surface area contributed by atoms with E-state index in [2.05, 4.69) is 33.8 Å². The largest absolute Gasteiger partial charge is 0.456 e. The molecule has 254 valence electrons. The van der Waals surface area contributed by atoms with E-state index in [0.717, 1.165) is 51.4 Å². The highest BCUT2D eigenvalue weighted by atomic mass is 16.7. The van der Waals surface area contributed by atoms with Gasteiger partial charge in [0.05, 0.1) is 24.7 Å². The Morgan fingerprint density at radius 2 is 1.64 bits per heavy atom. The lowest BCUT2D eigenvalue weighted by Gasteiger charge is -2.58. The van der Waals surface area contributed by atoms with Crippen molar-refractivity contribution in [1.82, 2.24) is 0 Å². The minimum Gasteiger partial charge on any atom is -0.456 e. The van der Waals surface area contributed by atoms with Gasteiger partial charge in [-0.15, -0.1) is 0 Å². The Kier molecular flexibility index (Phi) is 8.09. The van der Waals surface area contributed by atoms with E-state index in [0.29, 0.717) is 17.8 Å². The quantitative estimate of drug-likeness (QED) is 0.167. The molecule has 45 heavy (non-hydrogen) atoms. The van der Waals surface area contributed by atoms with Crippen molar-refractivity contribution >= 4 is 5.97 Å². The highest BCUT2D eigenvalue weighted by molar-refractivity contribution is 5.77. The summed E-state index contributed by atoms with van der Waals surface area (Å²) in [5.41, 5.74) is 0.990.